The van der Waals surface area contributed by atoms with Gasteiger partial charge in [0.05, 0.1) is 6.42 Å². The van der Waals surface area contributed by atoms with E-state index in [0.29, 0.717) is 11.3 Å². The summed E-state index contributed by atoms with van der Waals surface area (Å²) in [7, 11) is 1.76. The van der Waals surface area contributed by atoms with Crippen LogP contribution >= 0.6 is 11.8 Å². The van der Waals surface area contributed by atoms with Crippen LogP contribution in [0.4, 0.5) is 10.5 Å². The lowest BCUT2D eigenvalue weighted by molar-refractivity contribution is -0.136. The number of nitrogens with one attached hydrogen (secondary N) is 1. The Morgan fingerprint density at radius 2 is 1.95 bits per heavy atom. The minimum absolute atomic E-state index is 0.0150. The Labute approximate surface area is 123 Å². The molecule has 20 heavy (non-hydrogen) atoms. The van der Waals surface area contributed by atoms with Crippen molar-refractivity contribution in [3.8, 4) is 0 Å². The van der Waals surface area contributed by atoms with Crippen LogP contribution in [0.1, 0.15) is 12.5 Å². The molecule has 0 aliphatic rings. The summed E-state index contributed by atoms with van der Waals surface area (Å²) in [6, 6.07) is 6.81. The van der Waals surface area contributed by atoms with E-state index in [1.165, 1.54) is 0 Å². The van der Waals surface area contributed by atoms with Gasteiger partial charge in [-0.3, -0.25) is 4.79 Å². The molecule has 1 atom stereocenters. The third kappa shape index (κ3) is 5.13. The van der Waals surface area contributed by atoms with Gasteiger partial charge in [-0.2, -0.15) is 11.8 Å². The smallest absolute Gasteiger partial charge is 0.321 e. The van der Waals surface area contributed by atoms with Gasteiger partial charge in [0, 0.05) is 24.5 Å². The van der Waals surface area contributed by atoms with Crippen molar-refractivity contribution < 1.29 is 14.7 Å². The lowest BCUT2D eigenvalue weighted by atomic mass is 10.1. The predicted octanol–water partition coefficient (Wildman–Crippen LogP) is 2.53. The van der Waals surface area contributed by atoms with Gasteiger partial charge in [-0.1, -0.05) is 12.1 Å². The van der Waals surface area contributed by atoms with Crippen molar-refractivity contribution in [3.05, 3.63) is 29.8 Å². The Bertz CT molecular complexity index is 462. The molecule has 2 amide bonds. The van der Waals surface area contributed by atoms with Gasteiger partial charge in [-0.15, -0.1) is 0 Å². The van der Waals surface area contributed by atoms with Crippen molar-refractivity contribution in [1.82, 2.24) is 4.90 Å². The van der Waals surface area contributed by atoms with E-state index in [-0.39, 0.29) is 18.5 Å². The molecule has 1 unspecified atom stereocenters. The first-order valence-electron chi connectivity index (χ1n) is 6.27. The van der Waals surface area contributed by atoms with Crippen LogP contribution in [0, 0.1) is 0 Å². The number of benzene rings is 1. The number of thioether (sulfide) groups is 1. The fourth-order valence-corrected chi connectivity index (χ4v) is 2.35. The van der Waals surface area contributed by atoms with Crippen LogP contribution in [0.2, 0.25) is 0 Å². The maximum atomic E-state index is 12.0. The topological polar surface area (TPSA) is 69.6 Å². The molecular formula is C14H20N2O3S. The third-order valence-electron chi connectivity index (χ3n) is 2.95. The number of urea groups is 1. The molecule has 0 radical (unpaired) electrons. The zero-order valence-electron chi connectivity index (χ0n) is 11.9. The van der Waals surface area contributed by atoms with Gasteiger partial charge < -0.3 is 15.3 Å². The Kier molecular flexibility index (Phi) is 6.38. The number of carbonyl (C=O) groups excluding carboxylic acids is 1. The molecule has 2 N–H and O–H groups in total. The maximum absolute atomic E-state index is 12.0. The van der Waals surface area contributed by atoms with E-state index in [9.17, 15) is 9.59 Å². The van der Waals surface area contributed by atoms with Crippen LogP contribution in [0.15, 0.2) is 24.3 Å². The van der Waals surface area contributed by atoms with Crippen molar-refractivity contribution in [2.45, 2.75) is 19.4 Å². The van der Waals surface area contributed by atoms with Crippen molar-refractivity contribution in [3.63, 3.8) is 0 Å². The first-order chi connectivity index (χ1) is 9.43. The maximum Gasteiger partial charge on any atom is 0.321 e. The van der Waals surface area contributed by atoms with Gasteiger partial charge in [0.25, 0.3) is 0 Å². The quantitative estimate of drug-likeness (QED) is 0.846. The Morgan fingerprint density at radius 1 is 1.35 bits per heavy atom. The minimum Gasteiger partial charge on any atom is -0.481 e. The molecule has 0 saturated heterocycles. The predicted molar refractivity (Wildman–Crippen MR) is 82.4 cm³/mol. The molecule has 1 aromatic carbocycles. The standard InChI is InChI=1S/C14H20N2O3S/c1-10(9-20-3)16(2)14(19)15-12-6-4-11(5-7-12)8-13(17)18/h4-7,10H,8-9H2,1-3H3,(H,15,19)(H,17,18). The second-order valence-corrected chi connectivity index (χ2v) is 5.52. The molecule has 1 aromatic rings. The van der Waals surface area contributed by atoms with Crippen LogP contribution in [-0.4, -0.2) is 47.1 Å². The molecule has 0 aliphatic heterocycles. The number of carboxylic acid groups (broad SMARTS) is 1. The number of carboxylic acids is 1. The highest BCUT2D eigenvalue weighted by atomic mass is 32.2. The van der Waals surface area contributed by atoms with E-state index in [1.54, 1.807) is 48.0 Å². The monoisotopic (exact) mass is 296 g/mol. The van der Waals surface area contributed by atoms with E-state index in [2.05, 4.69) is 5.32 Å². The number of carbonyl (C=O) groups is 2. The number of anilines is 1. The first-order valence-corrected chi connectivity index (χ1v) is 7.67. The Morgan fingerprint density at radius 3 is 2.45 bits per heavy atom. The number of hydrogen-bond acceptors (Lipinski definition) is 3. The summed E-state index contributed by atoms with van der Waals surface area (Å²) in [5.74, 6) is 0.00832. The average Bonchev–Trinajstić information content (AvgIpc) is 2.39. The molecule has 0 heterocycles. The van der Waals surface area contributed by atoms with Gasteiger partial charge in [0.2, 0.25) is 0 Å². The van der Waals surface area contributed by atoms with E-state index >= 15 is 0 Å². The second kappa shape index (κ2) is 7.79. The molecule has 1 rings (SSSR count). The van der Waals surface area contributed by atoms with Crippen molar-refractivity contribution in [2.24, 2.45) is 0 Å². The van der Waals surface area contributed by atoms with E-state index in [1.807, 2.05) is 13.2 Å². The van der Waals surface area contributed by atoms with E-state index < -0.39 is 5.97 Å². The number of amides is 2. The summed E-state index contributed by atoms with van der Waals surface area (Å²) in [6.07, 6.45) is 1.99. The first kappa shape index (κ1) is 16.4. The van der Waals surface area contributed by atoms with Crippen molar-refractivity contribution >= 4 is 29.4 Å². The fourth-order valence-electron chi connectivity index (χ4n) is 1.65. The molecule has 0 spiro atoms. The molecular weight excluding hydrogens is 276 g/mol. The van der Waals surface area contributed by atoms with Gasteiger partial charge >= 0.3 is 12.0 Å². The van der Waals surface area contributed by atoms with Crippen LogP contribution in [0.3, 0.4) is 0 Å². The summed E-state index contributed by atoms with van der Waals surface area (Å²) < 4.78 is 0. The van der Waals surface area contributed by atoms with Crippen LogP contribution in [0.5, 0.6) is 0 Å². The summed E-state index contributed by atoms with van der Waals surface area (Å²) >= 11 is 1.69. The summed E-state index contributed by atoms with van der Waals surface area (Å²) in [5.41, 5.74) is 1.37. The molecule has 0 saturated carbocycles. The highest BCUT2D eigenvalue weighted by molar-refractivity contribution is 7.98. The molecule has 0 fully saturated rings. The molecule has 6 heteroatoms. The van der Waals surface area contributed by atoms with E-state index in [0.717, 1.165) is 5.75 Å². The van der Waals surface area contributed by atoms with Gasteiger partial charge in [0.15, 0.2) is 0 Å². The largest absolute Gasteiger partial charge is 0.481 e. The number of nitrogens with zero attached hydrogens (tertiary/aromatic N) is 1. The molecule has 110 valence electrons. The molecule has 0 bridgehead atoms. The second-order valence-electron chi connectivity index (χ2n) is 4.61. The Hall–Kier alpha value is -1.69. The Balaban J connectivity index is 2.59. The summed E-state index contributed by atoms with van der Waals surface area (Å²) in [5, 5.41) is 11.5. The average molecular weight is 296 g/mol. The number of rotatable bonds is 6. The number of aliphatic carboxylic acids is 1. The van der Waals surface area contributed by atoms with Crippen LogP contribution in [0.25, 0.3) is 0 Å². The van der Waals surface area contributed by atoms with Crippen LogP contribution < -0.4 is 5.32 Å². The highest BCUT2D eigenvalue weighted by Crippen LogP contribution is 2.12. The lowest BCUT2D eigenvalue weighted by Crippen LogP contribution is -2.39. The normalized spacial score (nSPS) is 11.8. The van der Waals surface area contributed by atoms with Gasteiger partial charge in [0.1, 0.15) is 0 Å². The van der Waals surface area contributed by atoms with Gasteiger partial charge in [-0.05, 0) is 30.9 Å². The third-order valence-corrected chi connectivity index (χ3v) is 3.77. The highest BCUT2D eigenvalue weighted by Gasteiger charge is 2.15. The number of hydrogen-bond donors (Lipinski definition) is 2. The zero-order chi connectivity index (χ0) is 15.1. The summed E-state index contributed by atoms with van der Waals surface area (Å²) in [4.78, 5) is 24.2. The fraction of sp³-hybridized carbons (Fsp3) is 0.429. The van der Waals surface area contributed by atoms with Crippen molar-refractivity contribution in [1.29, 1.82) is 0 Å². The molecule has 0 aromatic heterocycles. The van der Waals surface area contributed by atoms with E-state index in [4.69, 9.17) is 5.11 Å². The van der Waals surface area contributed by atoms with Crippen molar-refractivity contribution in [2.75, 3.05) is 24.4 Å². The lowest BCUT2D eigenvalue weighted by Gasteiger charge is -2.24. The minimum atomic E-state index is -0.868. The molecule has 0 aliphatic carbocycles. The zero-order valence-corrected chi connectivity index (χ0v) is 12.7. The van der Waals surface area contributed by atoms with Gasteiger partial charge in [-0.25, -0.2) is 4.79 Å². The SMILES string of the molecule is CSCC(C)N(C)C(=O)Nc1ccc(CC(=O)O)cc1. The molecule has 5 nitrogen and oxygen atoms in total. The summed E-state index contributed by atoms with van der Waals surface area (Å²) in [6.45, 7) is 1.99. The van der Waals surface area contributed by atoms with Crippen LogP contribution in [-0.2, 0) is 11.2 Å².